The molecular weight excluding hydrogens is 250 g/mol. The zero-order valence-corrected chi connectivity index (χ0v) is 10.8. The van der Waals surface area contributed by atoms with Gasteiger partial charge in [-0.15, -0.1) is 0 Å². The smallest absolute Gasteiger partial charge is 0.146 e. The molecule has 5 heteroatoms. The first-order valence-corrected chi connectivity index (χ1v) is 6.56. The van der Waals surface area contributed by atoms with E-state index in [9.17, 15) is 5.11 Å². The van der Waals surface area contributed by atoms with Crippen LogP contribution in [0.4, 0.5) is 5.82 Å². The number of hydrogen-bond acceptors (Lipinski definition) is 4. The molecule has 0 aliphatic heterocycles. The minimum absolute atomic E-state index is 0.238. The fourth-order valence-corrected chi connectivity index (χ4v) is 2.53. The molecule has 0 amide bonds. The maximum atomic E-state index is 9.87. The highest BCUT2D eigenvalue weighted by Crippen LogP contribution is 2.27. The van der Waals surface area contributed by atoms with Crippen LogP contribution in [0, 0.1) is 17.2 Å². The van der Waals surface area contributed by atoms with E-state index in [4.69, 9.17) is 16.9 Å². The fraction of sp³-hybridized carbons (Fsp3) is 0.538. The van der Waals surface area contributed by atoms with Gasteiger partial charge in [0.05, 0.1) is 11.7 Å². The number of pyridine rings is 1. The van der Waals surface area contributed by atoms with Gasteiger partial charge in [0.15, 0.2) is 0 Å². The molecule has 2 rings (SSSR count). The van der Waals surface area contributed by atoms with Gasteiger partial charge in [-0.05, 0) is 18.9 Å². The summed E-state index contributed by atoms with van der Waals surface area (Å²) in [6.07, 6.45) is 5.45. The third-order valence-corrected chi connectivity index (χ3v) is 3.79. The van der Waals surface area contributed by atoms with Gasteiger partial charge in [0.25, 0.3) is 0 Å². The van der Waals surface area contributed by atoms with Crippen LogP contribution in [0.25, 0.3) is 0 Å². The normalized spacial score (nSPS) is 23.4. The van der Waals surface area contributed by atoms with Crippen LogP contribution in [0.2, 0.25) is 5.02 Å². The molecule has 2 unspecified atom stereocenters. The summed E-state index contributed by atoms with van der Waals surface area (Å²) in [5.41, 5.74) is 0.415. The molecule has 2 atom stereocenters. The van der Waals surface area contributed by atoms with Crippen LogP contribution < -0.4 is 5.32 Å². The number of aliphatic hydroxyl groups is 1. The van der Waals surface area contributed by atoms with E-state index in [1.165, 1.54) is 0 Å². The molecule has 96 valence electrons. The Hall–Kier alpha value is -1.31. The molecule has 1 saturated carbocycles. The van der Waals surface area contributed by atoms with Crippen molar-refractivity contribution in [2.75, 3.05) is 11.9 Å². The molecule has 1 heterocycles. The number of anilines is 1. The lowest BCUT2D eigenvalue weighted by Crippen LogP contribution is -2.30. The van der Waals surface area contributed by atoms with Crippen molar-refractivity contribution in [3.05, 3.63) is 22.8 Å². The van der Waals surface area contributed by atoms with Crippen LogP contribution in [0.3, 0.4) is 0 Å². The van der Waals surface area contributed by atoms with E-state index in [0.717, 1.165) is 25.7 Å². The quantitative estimate of drug-likeness (QED) is 0.881. The minimum Gasteiger partial charge on any atom is -0.393 e. The number of aliphatic hydroxyl groups excluding tert-OH is 1. The van der Waals surface area contributed by atoms with Gasteiger partial charge in [0, 0.05) is 18.7 Å². The summed E-state index contributed by atoms with van der Waals surface area (Å²) in [6, 6.07) is 3.61. The highest BCUT2D eigenvalue weighted by molar-refractivity contribution is 6.34. The summed E-state index contributed by atoms with van der Waals surface area (Å²) in [6.45, 7) is 0.642. The number of rotatable bonds is 3. The van der Waals surface area contributed by atoms with Crippen molar-refractivity contribution in [3.63, 3.8) is 0 Å². The van der Waals surface area contributed by atoms with E-state index in [2.05, 4.69) is 10.3 Å². The third kappa shape index (κ3) is 2.92. The van der Waals surface area contributed by atoms with Crippen LogP contribution in [0.1, 0.15) is 31.2 Å². The van der Waals surface area contributed by atoms with Crippen molar-refractivity contribution < 1.29 is 5.11 Å². The van der Waals surface area contributed by atoms with Gasteiger partial charge in [-0.25, -0.2) is 4.98 Å². The van der Waals surface area contributed by atoms with Crippen LogP contribution in [-0.4, -0.2) is 22.7 Å². The summed E-state index contributed by atoms with van der Waals surface area (Å²) >= 11 is 6.05. The van der Waals surface area contributed by atoms with E-state index < -0.39 is 0 Å². The average Bonchev–Trinajstić information content (AvgIpc) is 2.39. The number of nitrogens with zero attached hydrogens (tertiary/aromatic N) is 2. The van der Waals surface area contributed by atoms with E-state index in [-0.39, 0.29) is 12.0 Å². The fourth-order valence-electron chi connectivity index (χ4n) is 2.31. The van der Waals surface area contributed by atoms with Gasteiger partial charge in [-0.3, -0.25) is 0 Å². The molecule has 0 saturated heterocycles. The summed E-state index contributed by atoms with van der Waals surface area (Å²) in [4.78, 5) is 4.12. The highest BCUT2D eigenvalue weighted by atomic mass is 35.5. The van der Waals surface area contributed by atoms with Gasteiger partial charge >= 0.3 is 0 Å². The highest BCUT2D eigenvalue weighted by Gasteiger charge is 2.23. The SMILES string of the molecule is N#Cc1ccnc(NCC2CCCCC2O)c1Cl. The molecule has 18 heavy (non-hydrogen) atoms. The first kappa shape index (κ1) is 13.1. The van der Waals surface area contributed by atoms with Crippen LogP contribution in [0.15, 0.2) is 12.3 Å². The molecule has 1 aromatic heterocycles. The van der Waals surface area contributed by atoms with E-state index in [1.54, 1.807) is 12.3 Å². The molecule has 1 aliphatic rings. The van der Waals surface area contributed by atoms with Crippen molar-refractivity contribution in [1.29, 1.82) is 5.26 Å². The predicted octanol–water partition coefficient (Wildman–Crippen LogP) is 2.57. The topological polar surface area (TPSA) is 68.9 Å². The van der Waals surface area contributed by atoms with E-state index >= 15 is 0 Å². The van der Waals surface area contributed by atoms with Crippen molar-refractivity contribution in [3.8, 4) is 6.07 Å². The Bertz CT molecular complexity index is 458. The van der Waals surface area contributed by atoms with Gasteiger partial charge < -0.3 is 10.4 Å². The molecule has 0 bridgehead atoms. The lowest BCUT2D eigenvalue weighted by Gasteiger charge is -2.27. The van der Waals surface area contributed by atoms with Crippen molar-refractivity contribution >= 4 is 17.4 Å². The maximum Gasteiger partial charge on any atom is 0.146 e. The summed E-state index contributed by atoms with van der Waals surface area (Å²) < 4.78 is 0. The number of nitriles is 1. The minimum atomic E-state index is -0.246. The van der Waals surface area contributed by atoms with Crippen LogP contribution in [-0.2, 0) is 0 Å². The Balaban J connectivity index is 2.00. The van der Waals surface area contributed by atoms with Gasteiger partial charge in [-0.2, -0.15) is 5.26 Å². The Labute approximate surface area is 112 Å². The first-order chi connectivity index (χ1) is 8.72. The van der Waals surface area contributed by atoms with E-state index in [0.29, 0.717) is 22.9 Å². The molecular formula is C13H16ClN3O. The van der Waals surface area contributed by atoms with Crippen LogP contribution in [0.5, 0.6) is 0 Å². The Kier molecular flexibility index (Phi) is 4.40. The van der Waals surface area contributed by atoms with Crippen molar-refractivity contribution in [2.24, 2.45) is 5.92 Å². The third-order valence-electron chi connectivity index (χ3n) is 3.41. The maximum absolute atomic E-state index is 9.87. The molecule has 0 radical (unpaired) electrons. The molecule has 0 spiro atoms. The zero-order valence-electron chi connectivity index (χ0n) is 10.1. The Morgan fingerprint density at radius 2 is 2.28 bits per heavy atom. The summed E-state index contributed by atoms with van der Waals surface area (Å²) in [7, 11) is 0. The van der Waals surface area contributed by atoms with E-state index in [1.807, 2.05) is 6.07 Å². The standard InChI is InChI=1S/C13H16ClN3O/c14-12-9(7-15)5-6-16-13(12)17-8-10-3-1-2-4-11(10)18/h5-6,10-11,18H,1-4,8H2,(H,16,17). The lowest BCUT2D eigenvalue weighted by atomic mass is 9.86. The second-order valence-corrected chi connectivity index (χ2v) is 5.00. The first-order valence-electron chi connectivity index (χ1n) is 6.19. The van der Waals surface area contributed by atoms with Gasteiger partial charge in [0.2, 0.25) is 0 Å². The van der Waals surface area contributed by atoms with Crippen molar-refractivity contribution in [2.45, 2.75) is 31.8 Å². The largest absolute Gasteiger partial charge is 0.393 e. The zero-order chi connectivity index (χ0) is 13.0. The average molecular weight is 266 g/mol. The second kappa shape index (κ2) is 6.03. The molecule has 2 N–H and O–H groups in total. The summed E-state index contributed by atoms with van der Waals surface area (Å²) in [5.74, 6) is 0.760. The molecule has 1 fully saturated rings. The second-order valence-electron chi connectivity index (χ2n) is 4.63. The monoisotopic (exact) mass is 265 g/mol. The molecule has 0 aromatic carbocycles. The number of hydrogen-bond donors (Lipinski definition) is 2. The van der Waals surface area contributed by atoms with Gasteiger partial charge in [0.1, 0.15) is 16.9 Å². The lowest BCUT2D eigenvalue weighted by molar-refractivity contribution is 0.0763. The number of nitrogens with one attached hydrogen (secondary N) is 1. The van der Waals surface area contributed by atoms with Gasteiger partial charge in [-0.1, -0.05) is 24.4 Å². The van der Waals surface area contributed by atoms with Crippen molar-refractivity contribution in [1.82, 2.24) is 4.98 Å². The molecule has 4 nitrogen and oxygen atoms in total. The number of halogens is 1. The number of aromatic nitrogens is 1. The molecule has 1 aromatic rings. The molecule has 1 aliphatic carbocycles. The predicted molar refractivity (Wildman–Crippen MR) is 70.4 cm³/mol. The Morgan fingerprint density at radius 1 is 1.50 bits per heavy atom. The van der Waals surface area contributed by atoms with Crippen LogP contribution >= 0.6 is 11.6 Å². The summed E-state index contributed by atoms with van der Waals surface area (Å²) in [5, 5.41) is 22.2. The Morgan fingerprint density at radius 3 is 3.00 bits per heavy atom.